The summed E-state index contributed by atoms with van der Waals surface area (Å²) in [5.41, 5.74) is 3.28. The van der Waals surface area contributed by atoms with E-state index in [1.165, 1.54) is 5.56 Å². The molecule has 3 aromatic rings. The first-order chi connectivity index (χ1) is 13.0. The standard InChI is InChI=1S/C22H23ClN2OS/c1-4-18-13-21(26-20-11-6-5-10-19(20)15(2)3)25-22(24-18)27-14-16-8-7-9-17(23)12-16/h5-13,15H,4,14H2,1-3H3. The molecule has 2 aromatic carbocycles. The summed E-state index contributed by atoms with van der Waals surface area (Å²) in [4.78, 5) is 9.24. The Kier molecular flexibility index (Phi) is 6.75. The van der Waals surface area contributed by atoms with Gasteiger partial charge in [0.15, 0.2) is 5.16 Å². The Balaban J connectivity index is 1.81. The second kappa shape index (κ2) is 9.25. The van der Waals surface area contributed by atoms with Gasteiger partial charge in [-0.1, -0.05) is 74.5 Å². The monoisotopic (exact) mass is 398 g/mol. The molecule has 0 saturated heterocycles. The molecule has 0 atom stereocenters. The number of aryl methyl sites for hydroxylation is 1. The molecule has 0 aliphatic carbocycles. The summed E-state index contributed by atoms with van der Waals surface area (Å²) < 4.78 is 6.14. The predicted octanol–water partition coefficient (Wildman–Crippen LogP) is 6.90. The Morgan fingerprint density at radius 1 is 1.04 bits per heavy atom. The fraction of sp³-hybridized carbons (Fsp3) is 0.273. The molecular weight excluding hydrogens is 376 g/mol. The van der Waals surface area contributed by atoms with E-state index in [1.807, 2.05) is 42.5 Å². The lowest BCUT2D eigenvalue weighted by Gasteiger charge is -2.14. The second-order valence-electron chi connectivity index (χ2n) is 6.55. The molecule has 0 bridgehead atoms. The summed E-state index contributed by atoms with van der Waals surface area (Å²) in [7, 11) is 0. The molecule has 0 aliphatic rings. The van der Waals surface area contributed by atoms with Crippen LogP contribution in [0.5, 0.6) is 11.6 Å². The molecule has 5 heteroatoms. The molecule has 3 rings (SSSR count). The van der Waals surface area contributed by atoms with E-state index >= 15 is 0 Å². The Morgan fingerprint density at radius 3 is 2.59 bits per heavy atom. The van der Waals surface area contributed by atoms with Crippen LogP contribution in [-0.4, -0.2) is 9.97 Å². The number of para-hydroxylation sites is 1. The van der Waals surface area contributed by atoms with Gasteiger partial charge < -0.3 is 4.74 Å². The lowest BCUT2D eigenvalue weighted by molar-refractivity contribution is 0.446. The fourth-order valence-corrected chi connectivity index (χ4v) is 3.71. The van der Waals surface area contributed by atoms with Gasteiger partial charge in [0.1, 0.15) is 5.75 Å². The smallest absolute Gasteiger partial charge is 0.223 e. The zero-order chi connectivity index (χ0) is 19.2. The molecule has 1 heterocycles. The van der Waals surface area contributed by atoms with E-state index < -0.39 is 0 Å². The number of nitrogens with zero attached hydrogens (tertiary/aromatic N) is 2. The lowest BCUT2D eigenvalue weighted by Crippen LogP contribution is -1.99. The first-order valence-corrected chi connectivity index (χ1v) is 10.4. The third-order valence-electron chi connectivity index (χ3n) is 4.11. The van der Waals surface area contributed by atoms with Crippen molar-refractivity contribution in [3.63, 3.8) is 0 Å². The number of rotatable bonds is 7. The van der Waals surface area contributed by atoms with Crippen LogP contribution in [0.1, 0.15) is 43.5 Å². The van der Waals surface area contributed by atoms with Crippen LogP contribution in [-0.2, 0) is 12.2 Å². The van der Waals surface area contributed by atoms with Crippen LogP contribution in [0.15, 0.2) is 59.8 Å². The largest absolute Gasteiger partial charge is 0.439 e. The quantitative estimate of drug-likeness (QED) is 0.320. The predicted molar refractivity (Wildman–Crippen MR) is 113 cm³/mol. The van der Waals surface area contributed by atoms with Crippen LogP contribution in [0.25, 0.3) is 0 Å². The van der Waals surface area contributed by atoms with Crippen molar-refractivity contribution in [3.8, 4) is 11.6 Å². The number of halogens is 1. The fourth-order valence-electron chi connectivity index (χ4n) is 2.68. The summed E-state index contributed by atoms with van der Waals surface area (Å²) in [6, 6.07) is 17.9. The molecule has 1 aromatic heterocycles. The summed E-state index contributed by atoms with van der Waals surface area (Å²) in [5.74, 6) is 2.57. The molecule has 0 amide bonds. The number of thioether (sulfide) groups is 1. The van der Waals surface area contributed by atoms with Gasteiger partial charge in [-0.15, -0.1) is 0 Å². The maximum absolute atomic E-state index is 6.14. The zero-order valence-electron chi connectivity index (χ0n) is 15.8. The minimum Gasteiger partial charge on any atom is -0.439 e. The van der Waals surface area contributed by atoms with Crippen molar-refractivity contribution in [2.75, 3.05) is 0 Å². The van der Waals surface area contributed by atoms with Crippen molar-refractivity contribution in [2.45, 2.75) is 44.0 Å². The molecule has 140 valence electrons. The van der Waals surface area contributed by atoms with Crippen molar-refractivity contribution < 1.29 is 4.74 Å². The van der Waals surface area contributed by atoms with Crippen LogP contribution in [0.2, 0.25) is 5.02 Å². The average Bonchev–Trinajstić information content (AvgIpc) is 2.66. The molecule has 27 heavy (non-hydrogen) atoms. The summed E-state index contributed by atoms with van der Waals surface area (Å²) in [6.07, 6.45) is 0.829. The van der Waals surface area contributed by atoms with Crippen molar-refractivity contribution >= 4 is 23.4 Å². The SMILES string of the molecule is CCc1cc(Oc2ccccc2C(C)C)nc(SCc2cccc(Cl)c2)n1. The molecule has 3 nitrogen and oxygen atoms in total. The van der Waals surface area contributed by atoms with E-state index in [0.717, 1.165) is 34.2 Å². The number of ether oxygens (including phenoxy) is 1. The van der Waals surface area contributed by atoms with Gasteiger partial charge >= 0.3 is 0 Å². The highest BCUT2D eigenvalue weighted by Crippen LogP contribution is 2.31. The van der Waals surface area contributed by atoms with Crippen LogP contribution < -0.4 is 4.74 Å². The van der Waals surface area contributed by atoms with E-state index in [-0.39, 0.29) is 0 Å². The highest BCUT2D eigenvalue weighted by molar-refractivity contribution is 7.98. The van der Waals surface area contributed by atoms with Gasteiger partial charge in [-0.2, -0.15) is 4.98 Å². The third kappa shape index (κ3) is 5.47. The second-order valence-corrected chi connectivity index (χ2v) is 7.93. The van der Waals surface area contributed by atoms with E-state index in [9.17, 15) is 0 Å². The molecule has 0 radical (unpaired) electrons. The molecular formula is C22H23ClN2OS. The normalized spacial score (nSPS) is 11.0. The Bertz CT molecular complexity index is 914. The molecule has 0 saturated carbocycles. The summed E-state index contributed by atoms with van der Waals surface area (Å²) in [6.45, 7) is 6.40. The Labute approximate surface area is 170 Å². The van der Waals surface area contributed by atoms with Gasteiger partial charge in [0, 0.05) is 22.5 Å². The van der Waals surface area contributed by atoms with Gasteiger partial charge in [0.25, 0.3) is 0 Å². The third-order valence-corrected chi connectivity index (χ3v) is 5.26. The molecule has 0 spiro atoms. The van der Waals surface area contributed by atoms with Crippen molar-refractivity contribution in [1.82, 2.24) is 9.97 Å². The topological polar surface area (TPSA) is 35.0 Å². The maximum atomic E-state index is 6.14. The molecule has 0 N–H and O–H groups in total. The van der Waals surface area contributed by atoms with Crippen LogP contribution in [0.4, 0.5) is 0 Å². The van der Waals surface area contributed by atoms with Crippen molar-refractivity contribution in [3.05, 3.63) is 76.4 Å². The first kappa shape index (κ1) is 19.7. The molecule has 0 aliphatic heterocycles. The maximum Gasteiger partial charge on any atom is 0.223 e. The summed E-state index contributed by atoms with van der Waals surface area (Å²) in [5, 5.41) is 1.46. The number of hydrogen-bond acceptors (Lipinski definition) is 4. The average molecular weight is 399 g/mol. The Morgan fingerprint density at radius 2 is 1.85 bits per heavy atom. The zero-order valence-corrected chi connectivity index (χ0v) is 17.3. The first-order valence-electron chi connectivity index (χ1n) is 9.07. The van der Waals surface area contributed by atoms with E-state index in [1.54, 1.807) is 11.8 Å². The van der Waals surface area contributed by atoms with Crippen molar-refractivity contribution in [2.24, 2.45) is 0 Å². The molecule has 0 fully saturated rings. The van der Waals surface area contributed by atoms with Crippen molar-refractivity contribution in [1.29, 1.82) is 0 Å². The Hall–Kier alpha value is -2.04. The molecule has 0 unspecified atom stereocenters. The van der Waals surface area contributed by atoms with Gasteiger partial charge in [0.05, 0.1) is 0 Å². The van der Waals surface area contributed by atoms with E-state index in [4.69, 9.17) is 16.3 Å². The highest BCUT2D eigenvalue weighted by atomic mass is 35.5. The number of hydrogen-bond donors (Lipinski definition) is 0. The summed E-state index contributed by atoms with van der Waals surface area (Å²) >= 11 is 7.66. The minimum absolute atomic E-state index is 0.380. The highest BCUT2D eigenvalue weighted by Gasteiger charge is 2.11. The van der Waals surface area contributed by atoms with E-state index in [2.05, 4.69) is 42.9 Å². The van der Waals surface area contributed by atoms with Gasteiger partial charge in [-0.05, 0) is 41.7 Å². The van der Waals surface area contributed by atoms with E-state index in [0.29, 0.717) is 17.0 Å². The number of aromatic nitrogens is 2. The van der Waals surface area contributed by atoms with Gasteiger partial charge in [-0.25, -0.2) is 4.98 Å². The van der Waals surface area contributed by atoms with Crippen LogP contribution in [0.3, 0.4) is 0 Å². The van der Waals surface area contributed by atoms with Gasteiger partial charge in [0.2, 0.25) is 5.88 Å². The van der Waals surface area contributed by atoms with Crippen LogP contribution >= 0.6 is 23.4 Å². The number of benzene rings is 2. The van der Waals surface area contributed by atoms with Gasteiger partial charge in [-0.3, -0.25) is 0 Å². The van der Waals surface area contributed by atoms with Crippen LogP contribution in [0, 0.1) is 0 Å². The minimum atomic E-state index is 0.380. The lowest BCUT2D eigenvalue weighted by atomic mass is 10.0.